The molecule has 1 atom stereocenters. The van der Waals surface area contributed by atoms with Gasteiger partial charge in [0.2, 0.25) is 0 Å². The summed E-state index contributed by atoms with van der Waals surface area (Å²) >= 11 is 0. The zero-order chi connectivity index (χ0) is 10.6. The van der Waals surface area contributed by atoms with E-state index in [0.717, 1.165) is 6.61 Å². The predicted molar refractivity (Wildman–Crippen MR) is 60.5 cm³/mol. The van der Waals surface area contributed by atoms with E-state index in [1.807, 2.05) is 6.08 Å². The summed E-state index contributed by atoms with van der Waals surface area (Å²) in [5.41, 5.74) is 0.276. The molecule has 0 radical (unpaired) electrons. The lowest BCUT2D eigenvalue weighted by Crippen LogP contribution is -2.46. The largest absolute Gasteiger partial charge is 0.376 e. The number of hydrogen-bond acceptors (Lipinski definition) is 2. The van der Waals surface area contributed by atoms with Gasteiger partial charge in [-0.15, -0.1) is 6.58 Å². The summed E-state index contributed by atoms with van der Waals surface area (Å²) in [5.74, 6) is 0. The van der Waals surface area contributed by atoms with Crippen LogP contribution in [0.25, 0.3) is 0 Å². The molecule has 0 aromatic carbocycles. The number of rotatable bonds is 4. The van der Waals surface area contributed by atoms with Crippen molar-refractivity contribution in [3.8, 4) is 0 Å². The topological polar surface area (TPSA) is 12.5 Å². The zero-order valence-electron chi connectivity index (χ0n) is 9.75. The van der Waals surface area contributed by atoms with Crippen molar-refractivity contribution in [3.05, 3.63) is 12.7 Å². The van der Waals surface area contributed by atoms with Crippen molar-refractivity contribution < 1.29 is 4.74 Å². The lowest BCUT2D eigenvalue weighted by molar-refractivity contribution is 0.0489. The van der Waals surface area contributed by atoms with Crippen LogP contribution in [-0.4, -0.2) is 36.2 Å². The van der Waals surface area contributed by atoms with Gasteiger partial charge in [-0.25, -0.2) is 0 Å². The number of hydrogen-bond donors (Lipinski definition) is 0. The molecule has 0 aliphatic carbocycles. The number of likely N-dealkylation sites (tertiary alicyclic amines) is 1. The highest BCUT2D eigenvalue weighted by atomic mass is 16.5. The Kier molecular flexibility index (Phi) is 4.14. The second-order valence-corrected chi connectivity index (χ2v) is 4.99. The van der Waals surface area contributed by atoms with Gasteiger partial charge in [0, 0.05) is 11.6 Å². The van der Waals surface area contributed by atoms with Gasteiger partial charge < -0.3 is 4.74 Å². The molecule has 0 saturated carbocycles. The molecule has 2 heteroatoms. The molecule has 1 heterocycles. The van der Waals surface area contributed by atoms with E-state index in [0.29, 0.717) is 12.6 Å². The zero-order valence-corrected chi connectivity index (χ0v) is 9.75. The molecular weight excluding hydrogens is 174 g/mol. The molecule has 0 spiro atoms. The van der Waals surface area contributed by atoms with E-state index in [4.69, 9.17) is 4.74 Å². The summed E-state index contributed by atoms with van der Waals surface area (Å²) in [6.45, 7) is 13.2. The van der Waals surface area contributed by atoms with E-state index >= 15 is 0 Å². The molecule has 1 aliphatic heterocycles. The Bertz CT molecular complexity index is 183. The van der Waals surface area contributed by atoms with Gasteiger partial charge in [-0.1, -0.05) is 6.08 Å². The van der Waals surface area contributed by atoms with Gasteiger partial charge in [-0.2, -0.15) is 0 Å². The summed E-state index contributed by atoms with van der Waals surface area (Å²) < 4.78 is 5.53. The molecule has 0 unspecified atom stereocenters. The predicted octanol–water partition coefficient (Wildman–Crippen LogP) is 2.45. The minimum Gasteiger partial charge on any atom is -0.376 e. The monoisotopic (exact) mass is 197 g/mol. The van der Waals surface area contributed by atoms with Crippen molar-refractivity contribution in [2.24, 2.45) is 0 Å². The highest BCUT2D eigenvalue weighted by Crippen LogP contribution is 2.26. The van der Waals surface area contributed by atoms with Crippen molar-refractivity contribution in [1.82, 2.24) is 4.90 Å². The molecule has 0 aromatic rings. The summed E-state index contributed by atoms with van der Waals surface area (Å²) in [6.07, 6.45) is 4.39. The standard InChI is InChI=1S/C12H23NO/c1-5-9-14-10-11-7-6-8-13(11)12(2,3)4/h5,11H,1,6-10H2,2-4H3/t11-/m1/s1. The Labute approximate surface area is 87.9 Å². The minimum absolute atomic E-state index is 0.276. The lowest BCUT2D eigenvalue weighted by Gasteiger charge is -2.36. The van der Waals surface area contributed by atoms with Crippen LogP contribution in [0.15, 0.2) is 12.7 Å². The smallest absolute Gasteiger partial charge is 0.0645 e. The molecule has 0 N–H and O–H groups in total. The molecule has 0 amide bonds. The fourth-order valence-electron chi connectivity index (χ4n) is 2.18. The summed E-state index contributed by atoms with van der Waals surface area (Å²) in [6, 6.07) is 0.606. The number of ether oxygens (including phenoxy) is 1. The minimum atomic E-state index is 0.276. The molecule has 1 saturated heterocycles. The van der Waals surface area contributed by atoms with Crippen LogP contribution in [0.4, 0.5) is 0 Å². The van der Waals surface area contributed by atoms with E-state index in [-0.39, 0.29) is 5.54 Å². The Morgan fingerprint density at radius 1 is 1.50 bits per heavy atom. The first kappa shape index (κ1) is 11.7. The second kappa shape index (κ2) is 4.94. The normalized spacial score (nSPS) is 24.1. The molecule has 1 aliphatic rings. The van der Waals surface area contributed by atoms with Gasteiger partial charge in [0.15, 0.2) is 0 Å². The molecule has 82 valence electrons. The van der Waals surface area contributed by atoms with Gasteiger partial charge in [0.05, 0.1) is 13.2 Å². The Hall–Kier alpha value is -0.340. The van der Waals surface area contributed by atoms with Gasteiger partial charge in [-0.05, 0) is 40.2 Å². The molecular formula is C12H23NO. The van der Waals surface area contributed by atoms with E-state index in [9.17, 15) is 0 Å². The lowest BCUT2D eigenvalue weighted by atomic mass is 10.1. The summed E-state index contributed by atoms with van der Waals surface area (Å²) in [5, 5.41) is 0. The fraction of sp³-hybridized carbons (Fsp3) is 0.833. The molecule has 2 nitrogen and oxygen atoms in total. The third kappa shape index (κ3) is 3.10. The first-order chi connectivity index (χ1) is 6.55. The third-order valence-electron chi connectivity index (χ3n) is 2.78. The third-order valence-corrected chi connectivity index (χ3v) is 2.78. The van der Waals surface area contributed by atoms with Crippen LogP contribution in [0, 0.1) is 0 Å². The van der Waals surface area contributed by atoms with Gasteiger partial charge in [0.1, 0.15) is 0 Å². The van der Waals surface area contributed by atoms with Crippen molar-refractivity contribution in [3.63, 3.8) is 0 Å². The molecule has 1 rings (SSSR count). The Balaban J connectivity index is 2.39. The maximum atomic E-state index is 5.53. The van der Waals surface area contributed by atoms with Crippen LogP contribution in [0.1, 0.15) is 33.6 Å². The first-order valence-corrected chi connectivity index (χ1v) is 5.51. The van der Waals surface area contributed by atoms with Crippen molar-refractivity contribution >= 4 is 0 Å². The van der Waals surface area contributed by atoms with Crippen LogP contribution in [-0.2, 0) is 4.74 Å². The maximum absolute atomic E-state index is 5.53. The van der Waals surface area contributed by atoms with E-state index < -0.39 is 0 Å². The van der Waals surface area contributed by atoms with Crippen LogP contribution >= 0.6 is 0 Å². The molecule has 0 aromatic heterocycles. The first-order valence-electron chi connectivity index (χ1n) is 5.51. The van der Waals surface area contributed by atoms with Crippen LogP contribution < -0.4 is 0 Å². The Morgan fingerprint density at radius 3 is 2.79 bits per heavy atom. The SMILES string of the molecule is C=CCOC[C@H]1CCCN1C(C)(C)C. The Morgan fingerprint density at radius 2 is 2.21 bits per heavy atom. The summed E-state index contributed by atoms with van der Waals surface area (Å²) in [4.78, 5) is 2.55. The van der Waals surface area contributed by atoms with Crippen LogP contribution in [0.3, 0.4) is 0 Å². The van der Waals surface area contributed by atoms with Gasteiger partial charge >= 0.3 is 0 Å². The maximum Gasteiger partial charge on any atom is 0.0645 e. The fourth-order valence-corrected chi connectivity index (χ4v) is 2.18. The summed E-state index contributed by atoms with van der Waals surface area (Å²) in [7, 11) is 0. The van der Waals surface area contributed by atoms with E-state index in [2.05, 4.69) is 32.3 Å². The van der Waals surface area contributed by atoms with Gasteiger partial charge in [-0.3, -0.25) is 4.90 Å². The molecule has 0 bridgehead atoms. The average molecular weight is 197 g/mol. The highest BCUT2D eigenvalue weighted by Gasteiger charge is 2.32. The van der Waals surface area contributed by atoms with E-state index in [1.165, 1.54) is 19.4 Å². The van der Waals surface area contributed by atoms with Crippen molar-refractivity contribution in [1.29, 1.82) is 0 Å². The van der Waals surface area contributed by atoms with E-state index in [1.54, 1.807) is 0 Å². The highest BCUT2D eigenvalue weighted by molar-refractivity contribution is 4.88. The van der Waals surface area contributed by atoms with Crippen LogP contribution in [0.5, 0.6) is 0 Å². The van der Waals surface area contributed by atoms with Crippen LogP contribution in [0.2, 0.25) is 0 Å². The molecule has 1 fully saturated rings. The molecule has 14 heavy (non-hydrogen) atoms. The van der Waals surface area contributed by atoms with Crippen molar-refractivity contribution in [2.45, 2.75) is 45.2 Å². The van der Waals surface area contributed by atoms with Gasteiger partial charge in [0.25, 0.3) is 0 Å². The quantitative estimate of drug-likeness (QED) is 0.507. The second-order valence-electron chi connectivity index (χ2n) is 4.99. The average Bonchev–Trinajstić information content (AvgIpc) is 2.52. The number of nitrogens with zero attached hydrogens (tertiary/aromatic N) is 1. The van der Waals surface area contributed by atoms with Crippen molar-refractivity contribution in [2.75, 3.05) is 19.8 Å².